The summed E-state index contributed by atoms with van der Waals surface area (Å²) in [5.74, 6) is 1.13. The summed E-state index contributed by atoms with van der Waals surface area (Å²) in [6.45, 7) is 3.57. The maximum atomic E-state index is 12.9. The van der Waals surface area contributed by atoms with E-state index in [4.69, 9.17) is 4.74 Å². The molecule has 0 spiro atoms. The average Bonchev–Trinajstić information content (AvgIpc) is 2.70. The lowest BCUT2D eigenvalue weighted by molar-refractivity contribution is 0.0944. The Labute approximate surface area is 172 Å². The minimum Gasteiger partial charge on any atom is -0.497 e. The third kappa shape index (κ3) is 6.50. The molecule has 3 rings (SSSR count). The molecule has 6 heteroatoms. The van der Waals surface area contributed by atoms with Gasteiger partial charge in [-0.15, -0.1) is 12.4 Å². The van der Waals surface area contributed by atoms with Gasteiger partial charge < -0.3 is 15.0 Å². The highest BCUT2D eigenvalue weighted by Gasteiger charge is 2.19. The maximum absolute atomic E-state index is 12.9. The molecule has 0 aromatic heterocycles. The van der Waals surface area contributed by atoms with Crippen LogP contribution >= 0.6 is 12.4 Å². The number of likely N-dealkylation sites (tertiary alicyclic amines) is 1. The SMILES string of the molecule is COc1cccc(CC2CCN(CCNC(=O)c3ccc(F)cc3)CC2)c1.Cl. The Hall–Kier alpha value is -2.11. The Morgan fingerprint density at radius 3 is 2.57 bits per heavy atom. The van der Waals surface area contributed by atoms with Gasteiger partial charge in [0.2, 0.25) is 0 Å². The number of halogens is 2. The van der Waals surface area contributed by atoms with Gasteiger partial charge >= 0.3 is 0 Å². The van der Waals surface area contributed by atoms with E-state index in [9.17, 15) is 9.18 Å². The van der Waals surface area contributed by atoms with Crippen LogP contribution in [0.2, 0.25) is 0 Å². The van der Waals surface area contributed by atoms with Gasteiger partial charge in [-0.1, -0.05) is 12.1 Å². The first-order chi connectivity index (χ1) is 13.1. The quantitative estimate of drug-likeness (QED) is 0.757. The summed E-state index contributed by atoms with van der Waals surface area (Å²) >= 11 is 0. The summed E-state index contributed by atoms with van der Waals surface area (Å²) in [4.78, 5) is 14.4. The molecule has 1 aliphatic rings. The molecule has 1 fully saturated rings. The standard InChI is InChI=1S/C22H27FN2O2.ClH/c1-27-21-4-2-3-18(16-21)15-17-9-12-25(13-10-17)14-11-24-22(26)19-5-7-20(23)8-6-19;/h2-8,16-17H,9-15H2,1H3,(H,24,26);1H. The van der Waals surface area contributed by atoms with Crippen molar-refractivity contribution in [2.45, 2.75) is 19.3 Å². The fourth-order valence-electron chi connectivity index (χ4n) is 3.58. The van der Waals surface area contributed by atoms with Crippen LogP contribution in [-0.2, 0) is 6.42 Å². The van der Waals surface area contributed by atoms with E-state index in [2.05, 4.69) is 22.3 Å². The largest absolute Gasteiger partial charge is 0.497 e. The summed E-state index contributed by atoms with van der Waals surface area (Å²) in [6, 6.07) is 13.9. The fourth-order valence-corrected chi connectivity index (χ4v) is 3.58. The van der Waals surface area contributed by atoms with Crippen molar-refractivity contribution in [2.75, 3.05) is 33.3 Å². The van der Waals surface area contributed by atoms with E-state index >= 15 is 0 Å². The second-order valence-electron chi connectivity index (χ2n) is 7.10. The topological polar surface area (TPSA) is 41.6 Å². The summed E-state index contributed by atoms with van der Waals surface area (Å²) in [7, 11) is 1.70. The molecule has 1 aliphatic heterocycles. The normalized spacial score (nSPS) is 14.9. The van der Waals surface area contributed by atoms with Crippen molar-refractivity contribution >= 4 is 18.3 Å². The molecule has 0 unspecified atom stereocenters. The fraction of sp³-hybridized carbons (Fsp3) is 0.409. The van der Waals surface area contributed by atoms with E-state index in [0.717, 1.165) is 31.8 Å². The minimum absolute atomic E-state index is 0. The molecule has 28 heavy (non-hydrogen) atoms. The zero-order valence-corrected chi connectivity index (χ0v) is 17.0. The predicted molar refractivity (Wildman–Crippen MR) is 112 cm³/mol. The zero-order chi connectivity index (χ0) is 19.1. The first-order valence-electron chi connectivity index (χ1n) is 9.53. The molecular weight excluding hydrogens is 379 g/mol. The number of hydrogen-bond donors (Lipinski definition) is 1. The Kier molecular flexibility index (Phi) is 8.74. The third-order valence-corrected chi connectivity index (χ3v) is 5.19. The number of nitrogens with one attached hydrogen (secondary N) is 1. The van der Waals surface area contributed by atoms with Crippen LogP contribution in [-0.4, -0.2) is 44.1 Å². The number of hydrogen-bond acceptors (Lipinski definition) is 3. The molecule has 0 saturated carbocycles. The van der Waals surface area contributed by atoms with E-state index in [0.29, 0.717) is 18.0 Å². The van der Waals surface area contributed by atoms with Crippen molar-refractivity contribution in [2.24, 2.45) is 5.92 Å². The number of methoxy groups -OCH3 is 1. The molecule has 0 radical (unpaired) electrons. The number of piperidine rings is 1. The lowest BCUT2D eigenvalue weighted by Crippen LogP contribution is -2.39. The van der Waals surface area contributed by atoms with E-state index in [1.54, 1.807) is 7.11 Å². The third-order valence-electron chi connectivity index (χ3n) is 5.19. The van der Waals surface area contributed by atoms with Gasteiger partial charge in [0.15, 0.2) is 0 Å². The first kappa shape index (κ1) is 22.2. The number of carbonyl (C=O) groups excluding carboxylic acids is 1. The molecule has 2 aromatic carbocycles. The summed E-state index contributed by atoms with van der Waals surface area (Å²) in [6.07, 6.45) is 3.43. The van der Waals surface area contributed by atoms with Gasteiger partial charge in [0.1, 0.15) is 11.6 Å². The highest BCUT2D eigenvalue weighted by Crippen LogP contribution is 2.23. The summed E-state index contributed by atoms with van der Waals surface area (Å²) in [5.41, 5.74) is 1.83. The molecule has 2 aromatic rings. The monoisotopic (exact) mass is 406 g/mol. The van der Waals surface area contributed by atoms with Crippen molar-refractivity contribution in [3.8, 4) is 5.75 Å². The van der Waals surface area contributed by atoms with Crippen molar-refractivity contribution in [3.05, 3.63) is 65.5 Å². The van der Waals surface area contributed by atoms with Gasteiger partial charge in [0.05, 0.1) is 7.11 Å². The molecule has 1 amide bonds. The Morgan fingerprint density at radius 2 is 1.89 bits per heavy atom. The summed E-state index contributed by atoms with van der Waals surface area (Å²) < 4.78 is 18.2. The van der Waals surface area contributed by atoms with Crippen LogP contribution in [0.3, 0.4) is 0 Å². The van der Waals surface area contributed by atoms with Crippen molar-refractivity contribution < 1.29 is 13.9 Å². The molecule has 0 bridgehead atoms. The van der Waals surface area contributed by atoms with Crippen LogP contribution in [0.4, 0.5) is 4.39 Å². The van der Waals surface area contributed by atoms with Crippen LogP contribution in [0.1, 0.15) is 28.8 Å². The molecule has 4 nitrogen and oxygen atoms in total. The molecule has 1 N–H and O–H groups in total. The second kappa shape index (κ2) is 11.0. The maximum Gasteiger partial charge on any atom is 0.251 e. The Balaban J connectivity index is 0.00000280. The van der Waals surface area contributed by atoms with E-state index in [-0.39, 0.29) is 24.1 Å². The van der Waals surface area contributed by atoms with Gasteiger partial charge in [-0.25, -0.2) is 4.39 Å². The van der Waals surface area contributed by atoms with Crippen molar-refractivity contribution in [1.82, 2.24) is 10.2 Å². The Morgan fingerprint density at radius 1 is 1.18 bits per heavy atom. The molecule has 0 atom stereocenters. The lowest BCUT2D eigenvalue weighted by Gasteiger charge is -2.32. The minimum atomic E-state index is -0.330. The average molecular weight is 407 g/mol. The molecule has 1 saturated heterocycles. The molecular formula is C22H28ClFN2O2. The van der Waals surface area contributed by atoms with Crippen LogP contribution in [0, 0.1) is 11.7 Å². The highest BCUT2D eigenvalue weighted by atomic mass is 35.5. The van der Waals surface area contributed by atoms with Crippen LogP contribution in [0.5, 0.6) is 5.75 Å². The van der Waals surface area contributed by atoms with Crippen molar-refractivity contribution in [3.63, 3.8) is 0 Å². The van der Waals surface area contributed by atoms with Crippen molar-refractivity contribution in [1.29, 1.82) is 0 Å². The molecule has 0 aliphatic carbocycles. The second-order valence-corrected chi connectivity index (χ2v) is 7.10. The van der Waals surface area contributed by atoms with E-state index in [1.807, 2.05) is 12.1 Å². The predicted octanol–water partition coefficient (Wildman–Crippen LogP) is 3.94. The highest BCUT2D eigenvalue weighted by molar-refractivity contribution is 5.94. The van der Waals surface area contributed by atoms with Gasteiger partial charge in [0.25, 0.3) is 5.91 Å². The smallest absolute Gasteiger partial charge is 0.251 e. The summed E-state index contributed by atoms with van der Waals surface area (Å²) in [5, 5.41) is 2.91. The number of amides is 1. The molecule has 1 heterocycles. The van der Waals surface area contributed by atoms with Crippen LogP contribution < -0.4 is 10.1 Å². The zero-order valence-electron chi connectivity index (χ0n) is 16.2. The van der Waals surface area contributed by atoms with Gasteiger partial charge in [0, 0.05) is 18.7 Å². The number of benzene rings is 2. The van der Waals surface area contributed by atoms with Crippen LogP contribution in [0.25, 0.3) is 0 Å². The van der Waals surface area contributed by atoms with Gasteiger partial charge in [-0.05, 0) is 80.2 Å². The Bertz CT molecular complexity index is 746. The lowest BCUT2D eigenvalue weighted by atomic mass is 9.90. The molecule has 152 valence electrons. The van der Waals surface area contributed by atoms with Gasteiger partial charge in [-0.3, -0.25) is 4.79 Å². The number of rotatable bonds is 7. The van der Waals surface area contributed by atoms with Gasteiger partial charge in [-0.2, -0.15) is 0 Å². The number of ether oxygens (including phenoxy) is 1. The van der Waals surface area contributed by atoms with E-state index < -0.39 is 0 Å². The first-order valence-corrected chi connectivity index (χ1v) is 9.53. The number of carbonyl (C=O) groups is 1. The van der Waals surface area contributed by atoms with Crippen LogP contribution in [0.15, 0.2) is 48.5 Å². The number of nitrogens with zero attached hydrogens (tertiary/aromatic N) is 1. The van der Waals surface area contributed by atoms with E-state index in [1.165, 1.54) is 42.7 Å².